The normalized spacial score (nSPS) is 12.7. The van der Waals surface area contributed by atoms with Crippen LogP contribution in [-0.2, 0) is 10.0 Å². The molecule has 0 saturated carbocycles. The maximum Gasteiger partial charge on any atom is 0.573 e. The highest BCUT2D eigenvalue weighted by Gasteiger charge is 2.46. The van der Waals surface area contributed by atoms with Crippen LogP contribution in [0.5, 0.6) is 5.75 Å². The number of sulfonamides is 1. The summed E-state index contributed by atoms with van der Waals surface area (Å²) in [5, 5.41) is 0. The second kappa shape index (κ2) is 6.47. The Labute approximate surface area is 138 Å². The molecule has 0 saturated heterocycles. The Balaban J connectivity index is 2.44. The number of ether oxygens (including phenoxy) is 1. The van der Waals surface area contributed by atoms with Crippen molar-refractivity contribution in [3.63, 3.8) is 0 Å². The summed E-state index contributed by atoms with van der Waals surface area (Å²) in [5.74, 6) is -0.760. The molecule has 0 aliphatic carbocycles. The van der Waals surface area contributed by atoms with E-state index in [0.717, 1.165) is 12.1 Å². The molecule has 0 radical (unpaired) electrons. The third-order valence-corrected chi connectivity index (χ3v) is 4.58. The monoisotopic (exact) mass is 385 g/mol. The Hall–Kier alpha value is -2.43. The summed E-state index contributed by atoms with van der Waals surface area (Å²) in [6, 6.07) is 8.11. The predicted molar refractivity (Wildman–Crippen MR) is 75.3 cm³/mol. The third kappa shape index (κ3) is 4.56. The van der Waals surface area contributed by atoms with Gasteiger partial charge in [-0.3, -0.25) is 0 Å². The van der Waals surface area contributed by atoms with Crippen LogP contribution < -0.4 is 9.04 Å². The molecule has 4 nitrogen and oxygen atoms in total. The zero-order valence-electron chi connectivity index (χ0n) is 12.0. The van der Waals surface area contributed by atoms with Gasteiger partial charge in [-0.05, 0) is 36.4 Å². The minimum Gasteiger partial charge on any atom is -0.406 e. The second-order valence-corrected chi connectivity index (χ2v) is 6.38. The van der Waals surface area contributed by atoms with Gasteiger partial charge in [0.2, 0.25) is 0 Å². The van der Waals surface area contributed by atoms with Crippen molar-refractivity contribution in [3.05, 3.63) is 54.6 Å². The molecule has 11 heteroatoms. The van der Waals surface area contributed by atoms with E-state index in [1.165, 1.54) is 18.2 Å². The summed E-state index contributed by atoms with van der Waals surface area (Å²) in [7, 11) is -5.10. The number of para-hydroxylation sites is 1. The first-order valence-corrected chi connectivity index (χ1v) is 7.88. The second-order valence-electron chi connectivity index (χ2n) is 4.59. The Kier molecular flexibility index (Phi) is 4.89. The lowest BCUT2D eigenvalue weighted by Crippen LogP contribution is -2.42. The fraction of sp³-hybridized carbons (Fsp3) is 0.143. The summed E-state index contributed by atoms with van der Waals surface area (Å²) in [5.41, 5.74) is -0.661. The van der Waals surface area contributed by atoms with E-state index in [-0.39, 0.29) is 0 Å². The van der Waals surface area contributed by atoms with Crippen molar-refractivity contribution < 1.29 is 39.5 Å². The van der Waals surface area contributed by atoms with Gasteiger partial charge in [-0.2, -0.15) is 4.31 Å². The van der Waals surface area contributed by atoms with Gasteiger partial charge in [0.05, 0.1) is 10.6 Å². The van der Waals surface area contributed by atoms with Crippen molar-refractivity contribution in [3.8, 4) is 5.75 Å². The smallest absolute Gasteiger partial charge is 0.406 e. The van der Waals surface area contributed by atoms with E-state index in [1.807, 2.05) is 0 Å². The topological polar surface area (TPSA) is 46.6 Å². The lowest BCUT2D eigenvalue weighted by molar-refractivity contribution is -0.274. The number of benzene rings is 2. The van der Waals surface area contributed by atoms with Gasteiger partial charge in [0.1, 0.15) is 5.75 Å². The fourth-order valence-electron chi connectivity index (χ4n) is 1.90. The first-order valence-electron chi connectivity index (χ1n) is 6.44. The molecule has 0 spiro atoms. The zero-order chi connectivity index (χ0) is 18.9. The molecule has 0 aliphatic heterocycles. The number of halogens is 6. The molecule has 0 unspecified atom stereocenters. The number of alkyl halides is 6. The van der Waals surface area contributed by atoms with E-state index >= 15 is 0 Å². The van der Waals surface area contributed by atoms with Crippen LogP contribution in [0.15, 0.2) is 59.5 Å². The van der Waals surface area contributed by atoms with Gasteiger partial charge in [-0.25, -0.2) is 8.42 Å². The first kappa shape index (κ1) is 18.9. The van der Waals surface area contributed by atoms with Crippen molar-refractivity contribution in [1.29, 1.82) is 0 Å². The molecule has 0 atom stereocenters. The molecule has 0 heterocycles. The van der Waals surface area contributed by atoms with Gasteiger partial charge >= 0.3 is 12.7 Å². The minimum absolute atomic E-state index is 0.595. The number of rotatable bonds is 4. The maximum atomic E-state index is 13.3. The molecule has 0 amide bonds. The standard InChI is InChI=1S/C14H9F6NO3S/c15-13(16,17)21(10-4-2-1-3-5-10)25(22,23)12-8-6-11(7-9-12)24-14(18,19)20/h1-9H. The molecule has 2 aromatic rings. The molecule has 2 aromatic carbocycles. The number of anilines is 1. The van der Waals surface area contributed by atoms with Gasteiger partial charge in [-0.15, -0.1) is 26.3 Å². The van der Waals surface area contributed by atoms with E-state index in [2.05, 4.69) is 4.74 Å². The van der Waals surface area contributed by atoms with Crippen LogP contribution in [-0.4, -0.2) is 21.1 Å². The molecule has 0 aliphatic rings. The Bertz CT molecular complexity index is 816. The van der Waals surface area contributed by atoms with Crippen molar-refractivity contribution in [2.45, 2.75) is 17.6 Å². The Morgan fingerprint density at radius 1 is 0.800 bits per heavy atom. The van der Waals surface area contributed by atoms with Gasteiger partial charge < -0.3 is 4.74 Å². The Morgan fingerprint density at radius 2 is 1.32 bits per heavy atom. The summed E-state index contributed by atoms with van der Waals surface area (Å²) in [6.45, 7) is 0. The fourth-order valence-corrected chi connectivity index (χ4v) is 3.27. The average Bonchev–Trinajstić information content (AvgIpc) is 2.45. The van der Waals surface area contributed by atoms with E-state index in [0.29, 0.717) is 24.3 Å². The molecular formula is C14H9F6NO3S. The van der Waals surface area contributed by atoms with Crippen LogP contribution in [0.3, 0.4) is 0 Å². The molecule has 136 valence electrons. The van der Waals surface area contributed by atoms with Gasteiger partial charge in [0.15, 0.2) is 0 Å². The highest BCUT2D eigenvalue weighted by atomic mass is 32.2. The minimum atomic E-state index is -5.28. The molecule has 0 bridgehead atoms. The van der Waals surface area contributed by atoms with Crippen molar-refractivity contribution in [1.82, 2.24) is 0 Å². The van der Waals surface area contributed by atoms with Gasteiger partial charge in [0.25, 0.3) is 10.0 Å². The molecule has 2 rings (SSSR count). The van der Waals surface area contributed by atoms with E-state index in [1.54, 1.807) is 0 Å². The lowest BCUT2D eigenvalue weighted by atomic mass is 10.3. The van der Waals surface area contributed by atoms with Crippen LogP contribution in [0.4, 0.5) is 32.0 Å². The molecule has 0 N–H and O–H groups in total. The van der Waals surface area contributed by atoms with Crippen LogP contribution in [0.25, 0.3) is 0 Å². The molecule has 0 aromatic heterocycles. The highest BCUT2D eigenvalue weighted by Crippen LogP contribution is 2.35. The van der Waals surface area contributed by atoms with Crippen LogP contribution in [0.1, 0.15) is 0 Å². The summed E-state index contributed by atoms with van der Waals surface area (Å²) in [4.78, 5) is -0.844. The van der Waals surface area contributed by atoms with Crippen molar-refractivity contribution in [2.75, 3.05) is 4.31 Å². The van der Waals surface area contributed by atoms with Gasteiger partial charge in [0, 0.05) is 0 Å². The summed E-state index contributed by atoms with van der Waals surface area (Å²) >= 11 is 0. The summed E-state index contributed by atoms with van der Waals surface area (Å²) < 4.78 is 103. The highest BCUT2D eigenvalue weighted by molar-refractivity contribution is 7.92. The Morgan fingerprint density at radius 3 is 1.76 bits per heavy atom. The van der Waals surface area contributed by atoms with Crippen LogP contribution in [0, 0.1) is 0 Å². The van der Waals surface area contributed by atoms with E-state index in [9.17, 15) is 34.8 Å². The lowest BCUT2D eigenvalue weighted by Gasteiger charge is -2.26. The number of nitrogens with zero attached hydrogens (tertiary/aromatic N) is 1. The third-order valence-electron chi connectivity index (χ3n) is 2.82. The van der Waals surface area contributed by atoms with Crippen molar-refractivity contribution in [2.24, 2.45) is 0 Å². The number of hydrogen-bond donors (Lipinski definition) is 0. The van der Waals surface area contributed by atoms with Crippen molar-refractivity contribution >= 4 is 15.7 Å². The van der Waals surface area contributed by atoms with E-state index < -0.39 is 43.3 Å². The molecule has 0 fully saturated rings. The average molecular weight is 385 g/mol. The predicted octanol–water partition coefficient (Wildman–Crippen LogP) is 4.30. The van der Waals surface area contributed by atoms with E-state index in [4.69, 9.17) is 0 Å². The summed E-state index contributed by atoms with van der Waals surface area (Å²) in [6.07, 6.45) is -10.3. The first-order chi connectivity index (χ1) is 11.4. The largest absolute Gasteiger partial charge is 0.573 e. The quantitative estimate of drug-likeness (QED) is 0.582. The van der Waals surface area contributed by atoms with Gasteiger partial charge in [-0.1, -0.05) is 18.2 Å². The zero-order valence-corrected chi connectivity index (χ0v) is 12.9. The number of hydrogen-bond acceptors (Lipinski definition) is 3. The molecular weight excluding hydrogens is 376 g/mol. The van der Waals surface area contributed by atoms with Crippen LogP contribution >= 0.6 is 0 Å². The maximum absolute atomic E-state index is 13.3. The SMILES string of the molecule is O=S(=O)(c1ccc(OC(F)(F)F)cc1)N(c1ccccc1)C(F)(F)F. The van der Waals surface area contributed by atoms with Crippen LogP contribution in [0.2, 0.25) is 0 Å². The molecule has 25 heavy (non-hydrogen) atoms.